The highest BCUT2D eigenvalue weighted by molar-refractivity contribution is 5.70. The molecule has 2 rings (SSSR count). The van der Waals surface area contributed by atoms with Crippen LogP contribution in [0.3, 0.4) is 0 Å². The molecule has 1 aromatic rings. The molecule has 1 aliphatic heterocycles. The summed E-state index contributed by atoms with van der Waals surface area (Å²) < 4.78 is 11.2. The van der Waals surface area contributed by atoms with Crippen molar-refractivity contribution in [2.24, 2.45) is 5.92 Å². The van der Waals surface area contributed by atoms with Crippen LogP contribution >= 0.6 is 0 Å². The lowest BCUT2D eigenvalue weighted by Crippen LogP contribution is -2.51. The Balaban J connectivity index is 2.05. The molecule has 1 aromatic carbocycles. The molecule has 1 N–H and O–H groups in total. The minimum atomic E-state index is -0.790. The monoisotopic (exact) mass is 279 g/mol. The van der Waals surface area contributed by atoms with Crippen LogP contribution in [0.15, 0.2) is 18.2 Å². The van der Waals surface area contributed by atoms with Gasteiger partial charge < -0.3 is 14.6 Å². The Hall–Kier alpha value is -1.75. The van der Waals surface area contributed by atoms with Crippen LogP contribution in [-0.4, -0.2) is 49.3 Å². The van der Waals surface area contributed by atoms with Crippen LogP contribution in [0.25, 0.3) is 0 Å². The average Bonchev–Trinajstić information content (AvgIpc) is 2.38. The zero-order chi connectivity index (χ0) is 14.7. The van der Waals surface area contributed by atoms with Crippen LogP contribution in [0.1, 0.15) is 12.5 Å². The lowest BCUT2D eigenvalue weighted by atomic mass is 10.0. The van der Waals surface area contributed by atoms with Crippen molar-refractivity contribution in [3.63, 3.8) is 0 Å². The Labute approximate surface area is 119 Å². The number of aliphatic carboxylic acids is 1. The molecule has 0 aromatic heterocycles. The summed E-state index contributed by atoms with van der Waals surface area (Å²) in [6.45, 7) is 3.53. The summed E-state index contributed by atoms with van der Waals surface area (Å²) in [6, 6.07) is 5.62. The highest BCUT2D eigenvalue weighted by Crippen LogP contribution is 2.31. The van der Waals surface area contributed by atoms with Crippen LogP contribution < -0.4 is 9.47 Å². The SMILES string of the molecule is COc1cc(CC(C)C(=O)O)ccc1OC1CN(C)C1. The Morgan fingerprint density at radius 1 is 1.45 bits per heavy atom. The minimum Gasteiger partial charge on any atom is -0.493 e. The largest absolute Gasteiger partial charge is 0.493 e. The molecule has 1 unspecified atom stereocenters. The van der Waals surface area contributed by atoms with Gasteiger partial charge >= 0.3 is 5.97 Å². The van der Waals surface area contributed by atoms with E-state index in [0.717, 1.165) is 24.4 Å². The van der Waals surface area contributed by atoms with Crippen molar-refractivity contribution >= 4 is 5.97 Å². The second-order valence-electron chi connectivity index (χ2n) is 5.39. The van der Waals surface area contributed by atoms with Gasteiger partial charge in [-0.3, -0.25) is 9.69 Å². The fourth-order valence-electron chi connectivity index (χ4n) is 2.27. The van der Waals surface area contributed by atoms with E-state index >= 15 is 0 Å². The topological polar surface area (TPSA) is 59.0 Å². The molecule has 1 saturated heterocycles. The summed E-state index contributed by atoms with van der Waals surface area (Å²) in [5.74, 6) is 0.181. The predicted octanol–water partition coefficient (Wildman–Crippen LogP) is 1.65. The van der Waals surface area contributed by atoms with Gasteiger partial charge in [-0.2, -0.15) is 0 Å². The molecule has 0 bridgehead atoms. The first-order chi connectivity index (χ1) is 9.49. The Morgan fingerprint density at radius 2 is 2.15 bits per heavy atom. The predicted molar refractivity (Wildman–Crippen MR) is 75.4 cm³/mol. The number of ether oxygens (including phenoxy) is 2. The van der Waals surface area contributed by atoms with Gasteiger partial charge in [0.25, 0.3) is 0 Å². The van der Waals surface area contributed by atoms with Gasteiger partial charge in [0.15, 0.2) is 11.5 Å². The van der Waals surface area contributed by atoms with Crippen molar-refractivity contribution in [2.75, 3.05) is 27.2 Å². The third-order valence-corrected chi connectivity index (χ3v) is 3.52. The van der Waals surface area contributed by atoms with Crippen LogP contribution in [0, 0.1) is 5.92 Å². The van der Waals surface area contributed by atoms with Gasteiger partial charge in [-0.1, -0.05) is 13.0 Å². The van der Waals surface area contributed by atoms with Crippen molar-refractivity contribution in [3.8, 4) is 11.5 Å². The van der Waals surface area contributed by atoms with E-state index in [-0.39, 0.29) is 6.10 Å². The minimum absolute atomic E-state index is 0.206. The third kappa shape index (κ3) is 3.42. The smallest absolute Gasteiger partial charge is 0.306 e. The first-order valence-electron chi connectivity index (χ1n) is 6.74. The van der Waals surface area contributed by atoms with Crippen molar-refractivity contribution in [1.82, 2.24) is 4.90 Å². The van der Waals surface area contributed by atoms with Crippen molar-refractivity contribution in [3.05, 3.63) is 23.8 Å². The van der Waals surface area contributed by atoms with E-state index in [1.807, 2.05) is 25.2 Å². The number of hydrogen-bond acceptors (Lipinski definition) is 4. The summed E-state index contributed by atoms with van der Waals surface area (Å²) in [6.07, 6.45) is 0.690. The maximum Gasteiger partial charge on any atom is 0.306 e. The number of likely N-dealkylation sites (tertiary alicyclic amines) is 1. The number of nitrogens with zero attached hydrogens (tertiary/aromatic N) is 1. The molecule has 5 nitrogen and oxygen atoms in total. The maximum absolute atomic E-state index is 10.9. The summed E-state index contributed by atoms with van der Waals surface area (Å²) in [5.41, 5.74) is 0.940. The normalized spacial score (nSPS) is 17.4. The number of carboxylic acid groups (broad SMARTS) is 1. The van der Waals surface area contributed by atoms with Gasteiger partial charge in [-0.05, 0) is 31.2 Å². The van der Waals surface area contributed by atoms with Crippen molar-refractivity contribution in [2.45, 2.75) is 19.4 Å². The molecule has 0 saturated carbocycles. The van der Waals surface area contributed by atoms with Crippen LogP contribution in [0.4, 0.5) is 0 Å². The van der Waals surface area contributed by atoms with Crippen molar-refractivity contribution < 1.29 is 19.4 Å². The Bertz CT molecular complexity index is 483. The van der Waals surface area contributed by atoms with E-state index in [4.69, 9.17) is 14.6 Å². The molecule has 0 radical (unpaired) electrons. The number of carbonyl (C=O) groups is 1. The summed E-state index contributed by atoms with van der Waals surface area (Å²) in [7, 11) is 3.65. The van der Waals surface area contributed by atoms with Gasteiger partial charge in [0.05, 0.1) is 13.0 Å². The number of likely N-dealkylation sites (N-methyl/N-ethyl adjacent to an activating group) is 1. The lowest BCUT2D eigenvalue weighted by molar-refractivity contribution is -0.141. The number of hydrogen-bond donors (Lipinski definition) is 1. The van der Waals surface area contributed by atoms with Crippen molar-refractivity contribution in [1.29, 1.82) is 0 Å². The van der Waals surface area contributed by atoms with Gasteiger partial charge in [0.1, 0.15) is 6.10 Å². The van der Waals surface area contributed by atoms with Gasteiger partial charge in [-0.15, -0.1) is 0 Å². The molecule has 1 heterocycles. The Morgan fingerprint density at radius 3 is 2.70 bits per heavy atom. The molecule has 110 valence electrons. The number of methoxy groups -OCH3 is 1. The second-order valence-corrected chi connectivity index (χ2v) is 5.39. The molecule has 1 fully saturated rings. The molecular weight excluding hydrogens is 258 g/mol. The highest BCUT2D eigenvalue weighted by atomic mass is 16.5. The standard InChI is InChI=1S/C15H21NO4/c1-10(15(17)18)6-11-4-5-13(14(7-11)19-3)20-12-8-16(2)9-12/h4-5,7,10,12H,6,8-9H2,1-3H3,(H,17,18). The van der Waals surface area contributed by atoms with Gasteiger partial charge in [0.2, 0.25) is 0 Å². The summed E-state index contributed by atoms with van der Waals surface area (Å²) >= 11 is 0. The van der Waals surface area contributed by atoms with E-state index in [9.17, 15) is 4.79 Å². The summed E-state index contributed by atoms with van der Waals surface area (Å²) in [4.78, 5) is 13.1. The van der Waals surface area contributed by atoms with E-state index in [1.54, 1.807) is 14.0 Å². The van der Waals surface area contributed by atoms with Crippen LogP contribution in [0.2, 0.25) is 0 Å². The molecule has 1 atom stereocenters. The highest BCUT2D eigenvalue weighted by Gasteiger charge is 2.26. The first-order valence-corrected chi connectivity index (χ1v) is 6.74. The molecule has 0 aliphatic carbocycles. The zero-order valence-corrected chi connectivity index (χ0v) is 12.1. The van der Waals surface area contributed by atoms with E-state index in [2.05, 4.69) is 4.90 Å². The molecule has 1 aliphatic rings. The Kier molecular flexibility index (Phi) is 4.49. The second kappa shape index (κ2) is 6.13. The average molecular weight is 279 g/mol. The number of benzene rings is 1. The van der Waals surface area contributed by atoms with Gasteiger partial charge in [0, 0.05) is 13.1 Å². The fraction of sp³-hybridized carbons (Fsp3) is 0.533. The quantitative estimate of drug-likeness (QED) is 0.858. The maximum atomic E-state index is 10.9. The van der Waals surface area contributed by atoms with E-state index < -0.39 is 11.9 Å². The lowest BCUT2D eigenvalue weighted by Gasteiger charge is -2.36. The van der Waals surface area contributed by atoms with Crippen LogP contribution in [-0.2, 0) is 11.2 Å². The number of rotatable bonds is 6. The number of carboxylic acids is 1. The van der Waals surface area contributed by atoms with Gasteiger partial charge in [-0.25, -0.2) is 0 Å². The first kappa shape index (κ1) is 14.7. The van der Waals surface area contributed by atoms with E-state index in [0.29, 0.717) is 12.2 Å². The molecule has 5 heteroatoms. The molecular formula is C15H21NO4. The third-order valence-electron chi connectivity index (χ3n) is 3.52. The molecule has 0 amide bonds. The molecule has 0 spiro atoms. The fourth-order valence-corrected chi connectivity index (χ4v) is 2.27. The zero-order valence-electron chi connectivity index (χ0n) is 12.1. The van der Waals surface area contributed by atoms with Crippen LogP contribution in [0.5, 0.6) is 11.5 Å². The summed E-state index contributed by atoms with van der Waals surface area (Å²) in [5, 5.41) is 8.95. The molecule has 20 heavy (non-hydrogen) atoms. The van der Waals surface area contributed by atoms with E-state index in [1.165, 1.54) is 0 Å².